The van der Waals surface area contributed by atoms with Crippen molar-refractivity contribution in [2.45, 2.75) is 18.5 Å². The number of ether oxygens (including phenoxy) is 1. The highest BCUT2D eigenvalue weighted by Gasteiger charge is 2.66. The van der Waals surface area contributed by atoms with Crippen molar-refractivity contribution in [2.24, 2.45) is 11.8 Å². The summed E-state index contributed by atoms with van der Waals surface area (Å²) in [4.78, 5) is 38.0. The van der Waals surface area contributed by atoms with Crippen LogP contribution in [-0.2, 0) is 19.1 Å². The van der Waals surface area contributed by atoms with E-state index in [1.54, 1.807) is 19.1 Å². The van der Waals surface area contributed by atoms with Gasteiger partial charge in [0, 0.05) is 7.05 Å². The van der Waals surface area contributed by atoms with E-state index in [2.05, 4.69) is 5.32 Å². The minimum absolute atomic E-state index is 0.313. The molecule has 2 fully saturated rings. The summed E-state index contributed by atoms with van der Waals surface area (Å²) in [5, 5.41) is 3.07. The molecule has 112 valence electrons. The summed E-state index contributed by atoms with van der Waals surface area (Å²) in [7, 11) is 2.69. The Morgan fingerprint density at radius 2 is 2.14 bits per heavy atom. The van der Waals surface area contributed by atoms with Gasteiger partial charge in [0.05, 0.1) is 31.3 Å². The first kappa shape index (κ1) is 13.8. The maximum atomic E-state index is 12.4. The second-order valence-corrected chi connectivity index (χ2v) is 5.57. The third-order valence-corrected chi connectivity index (χ3v) is 4.47. The normalized spacial score (nSPS) is 35.2. The largest absolute Gasteiger partial charge is 0.468 e. The van der Waals surface area contributed by atoms with E-state index in [-0.39, 0.29) is 11.8 Å². The predicted octanol–water partition coefficient (Wildman–Crippen LogP) is 0.0866. The van der Waals surface area contributed by atoms with Gasteiger partial charge < -0.3 is 9.15 Å². The van der Waals surface area contributed by atoms with E-state index < -0.39 is 29.4 Å². The minimum Gasteiger partial charge on any atom is -0.468 e. The second kappa shape index (κ2) is 4.42. The molecule has 7 nitrogen and oxygen atoms in total. The van der Waals surface area contributed by atoms with Crippen LogP contribution in [0.3, 0.4) is 0 Å². The summed E-state index contributed by atoms with van der Waals surface area (Å²) >= 11 is 0. The number of hydrogen-bond donors (Lipinski definition) is 1. The van der Waals surface area contributed by atoms with Crippen LogP contribution in [0.1, 0.15) is 18.7 Å². The van der Waals surface area contributed by atoms with Gasteiger partial charge in [-0.25, -0.2) is 0 Å². The molecule has 0 unspecified atom stereocenters. The molecule has 1 N–H and O–H groups in total. The van der Waals surface area contributed by atoms with Crippen LogP contribution in [0.15, 0.2) is 22.8 Å². The fraction of sp³-hybridized carbons (Fsp3) is 0.500. The first-order valence-corrected chi connectivity index (χ1v) is 6.62. The van der Waals surface area contributed by atoms with Crippen LogP contribution in [0.25, 0.3) is 0 Å². The van der Waals surface area contributed by atoms with Gasteiger partial charge >= 0.3 is 5.97 Å². The van der Waals surface area contributed by atoms with Gasteiger partial charge in [0.15, 0.2) is 0 Å². The van der Waals surface area contributed by atoms with Crippen molar-refractivity contribution in [3.8, 4) is 0 Å². The zero-order valence-corrected chi connectivity index (χ0v) is 12.0. The van der Waals surface area contributed by atoms with E-state index in [4.69, 9.17) is 9.15 Å². The van der Waals surface area contributed by atoms with Gasteiger partial charge in [0.1, 0.15) is 11.3 Å². The molecule has 2 saturated heterocycles. The molecule has 0 aromatic carbocycles. The lowest BCUT2D eigenvalue weighted by Gasteiger charge is -2.27. The topological polar surface area (TPSA) is 88.8 Å². The lowest BCUT2D eigenvalue weighted by Crippen LogP contribution is -2.53. The molecule has 2 aliphatic heterocycles. The van der Waals surface area contributed by atoms with E-state index in [0.29, 0.717) is 5.76 Å². The Morgan fingerprint density at radius 3 is 2.71 bits per heavy atom. The van der Waals surface area contributed by atoms with Crippen molar-refractivity contribution in [2.75, 3.05) is 14.2 Å². The fourth-order valence-electron chi connectivity index (χ4n) is 3.39. The van der Waals surface area contributed by atoms with Crippen LogP contribution in [0.2, 0.25) is 0 Å². The van der Waals surface area contributed by atoms with Crippen molar-refractivity contribution in [3.63, 3.8) is 0 Å². The van der Waals surface area contributed by atoms with Gasteiger partial charge in [-0.2, -0.15) is 0 Å². The van der Waals surface area contributed by atoms with Crippen LogP contribution in [-0.4, -0.2) is 42.4 Å². The van der Waals surface area contributed by atoms with Crippen molar-refractivity contribution in [1.82, 2.24) is 10.2 Å². The molecule has 1 aromatic rings. The molecule has 2 aliphatic rings. The number of carbonyl (C=O) groups excluding carboxylic acids is 3. The number of nitrogens with zero attached hydrogens (tertiary/aromatic N) is 1. The van der Waals surface area contributed by atoms with Crippen LogP contribution < -0.4 is 5.32 Å². The Kier molecular flexibility index (Phi) is 2.91. The Morgan fingerprint density at radius 1 is 1.43 bits per heavy atom. The van der Waals surface area contributed by atoms with Crippen molar-refractivity contribution in [3.05, 3.63) is 24.2 Å². The second-order valence-electron chi connectivity index (χ2n) is 5.57. The number of esters is 1. The Hall–Kier alpha value is -2.15. The summed E-state index contributed by atoms with van der Waals surface area (Å²) in [6.45, 7) is 1.59. The van der Waals surface area contributed by atoms with E-state index in [1.165, 1.54) is 20.4 Å². The number of likely N-dealkylation sites (tertiary alicyclic amines) is 1. The number of imide groups is 1. The molecular weight excluding hydrogens is 276 g/mol. The van der Waals surface area contributed by atoms with Crippen LogP contribution >= 0.6 is 0 Å². The first-order valence-electron chi connectivity index (χ1n) is 6.62. The van der Waals surface area contributed by atoms with Gasteiger partial charge in [-0.1, -0.05) is 0 Å². The molecule has 1 aromatic heterocycles. The number of furan rings is 1. The molecule has 3 rings (SSSR count). The van der Waals surface area contributed by atoms with Crippen molar-refractivity contribution >= 4 is 17.8 Å². The summed E-state index contributed by atoms with van der Waals surface area (Å²) < 4.78 is 10.2. The van der Waals surface area contributed by atoms with Crippen molar-refractivity contribution < 1.29 is 23.5 Å². The average Bonchev–Trinajstić information content (AvgIpc) is 3.14. The number of nitrogens with one attached hydrogen (secondary N) is 1. The fourth-order valence-corrected chi connectivity index (χ4v) is 3.39. The number of amides is 2. The molecule has 4 atom stereocenters. The molecular formula is C14H16N2O5. The molecule has 2 amide bonds. The highest BCUT2D eigenvalue weighted by molar-refractivity contribution is 6.09. The lowest BCUT2D eigenvalue weighted by molar-refractivity contribution is -0.152. The zero-order chi connectivity index (χ0) is 15.4. The minimum atomic E-state index is -1.26. The summed E-state index contributed by atoms with van der Waals surface area (Å²) in [5.41, 5.74) is -1.26. The predicted molar refractivity (Wildman–Crippen MR) is 69.8 cm³/mol. The van der Waals surface area contributed by atoms with Crippen molar-refractivity contribution in [1.29, 1.82) is 0 Å². The van der Waals surface area contributed by atoms with Gasteiger partial charge in [0.25, 0.3) is 0 Å². The Balaban J connectivity index is 2.10. The van der Waals surface area contributed by atoms with Gasteiger partial charge in [0.2, 0.25) is 11.8 Å². The van der Waals surface area contributed by atoms with Gasteiger partial charge in [-0.05, 0) is 19.1 Å². The number of fused-ring (bicyclic) bond motifs is 1. The summed E-state index contributed by atoms with van der Waals surface area (Å²) in [6, 6.07) is 2.88. The summed E-state index contributed by atoms with van der Waals surface area (Å²) in [5.74, 6) is -2.20. The Labute approximate surface area is 121 Å². The third-order valence-electron chi connectivity index (χ3n) is 4.47. The number of hydrogen-bond acceptors (Lipinski definition) is 6. The average molecular weight is 292 g/mol. The number of rotatable bonds is 2. The van der Waals surface area contributed by atoms with E-state index in [9.17, 15) is 14.4 Å². The smallest absolute Gasteiger partial charge is 0.326 e. The Bertz CT molecular complexity index is 611. The molecule has 0 spiro atoms. The maximum Gasteiger partial charge on any atom is 0.326 e. The van der Waals surface area contributed by atoms with E-state index >= 15 is 0 Å². The number of carbonyl (C=O) groups is 3. The van der Waals surface area contributed by atoms with Crippen LogP contribution in [0, 0.1) is 11.8 Å². The van der Waals surface area contributed by atoms with Gasteiger partial charge in [-0.15, -0.1) is 0 Å². The van der Waals surface area contributed by atoms with E-state index in [0.717, 1.165) is 4.90 Å². The summed E-state index contributed by atoms with van der Waals surface area (Å²) in [6.07, 6.45) is 1.49. The third kappa shape index (κ3) is 1.67. The van der Waals surface area contributed by atoms with Crippen LogP contribution in [0.5, 0.6) is 0 Å². The lowest BCUT2D eigenvalue weighted by atomic mass is 9.81. The zero-order valence-electron chi connectivity index (χ0n) is 12.0. The van der Waals surface area contributed by atoms with Gasteiger partial charge in [-0.3, -0.25) is 24.6 Å². The highest BCUT2D eigenvalue weighted by atomic mass is 16.5. The monoisotopic (exact) mass is 292 g/mol. The maximum absolute atomic E-state index is 12.4. The number of methoxy groups -OCH3 is 1. The first-order chi connectivity index (χ1) is 9.91. The molecule has 0 bridgehead atoms. The SMILES string of the molecule is COC(=O)[C@]1(C)N[C@H](c2ccco2)[C@@H]2C(=O)N(C)C(=O)[C@@H]21. The standard InChI is InChI=1S/C14H16N2O5/c1-14(13(19)20-3)9-8(11(17)16(2)12(9)18)10(15-14)7-5-4-6-21-7/h4-6,8-10,15H,1-3H3/t8-,9-,10-,14-/m1/s1. The van der Waals surface area contributed by atoms with Crippen LogP contribution in [0.4, 0.5) is 0 Å². The molecule has 21 heavy (non-hydrogen) atoms. The highest BCUT2D eigenvalue weighted by Crippen LogP contribution is 2.48. The quantitative estimate of drug-likeness (QED) is 0.614. The molecule has 0 aliphatic carbocycles. The molecule has 0 radical (unpaired) electrons. The molecule has 3 heterocycles. The molecule has 7 heteroatoms. The molecule has 0 saturated carbocycles. The van der Waals surface area contributed by atoms with E-state index in [1.807, 2.05) is 0 Å².